The molecule has 5 aliphatic carbocycles. The van der Waals surface area contributed by atoms with E-state index in [0.29, 0.717) is 5.76 Å². The molecule has 0 amide bonds. The minimum Gasteiger partial charge on any atom is -0.511 e. The predicted molar refractivity (Wildman–Crippen MR) is 90.6 cm³/mol. The van der Waals surface area contributed by atoms with E-state index in [4.69, 9.17) is 0 Å². The monoisotopic (exact) mass is 349 g/mol. The smallest absolute Gasteiger partial charge is 0.106 e. The summed E-state index contributed by atoms with van der Waals surface area (Å²) in [5.74, 6) is 3.41. The van der Waals surface area contributed by atoms with Crippen molar-refractivity contribution in [3.63, 3.8) is 0 Å². The Morgan fingerprint density at radius 1 is 0.913 bits per heavy atom. The molecule has 1 aromatic carbocycles. The van der Waals surface area contributed by atoms with E-state index in [9.17, 15) is 5.11 Å². The van der Waals surface area contributed by atoms with Crippen LogP contribution in [0, 0.1) is 23.2 Å². The van der Waals surface area contributed by atoms with Gasteiger partial charge in [0.2, 0.25) is 0 Å². The maximum Gasteiger partial charge on any atom is 0.106 e. The molecule has 1 nitrogen and oxygen atoms in total. The van der Waals surface area contributed by atoms with E-state index in [2.05, 4.69) is 12.2 Å². The molecule has 1 aromatic rings. The van der Waals surface area contributed by atoms with Crippen molar-refractivity contribution in [1.82, 2.24) is 0 Å². The van der Waals surface area contributed by atoms with Gasteiger partial charge in [0, 0.05) is 28.1 Å². The molecular weight excluding hydrogens is 324 g/mol. The zero-order valence-electron chi connectivity index (χ0n) is 13.5. The first-order valence-electron chi connectivity index (χ1n) is 8.70. The minimum atomic E-state index is 0. The minimum absolute atomic E-state index is 0. The fourth-order valence-corrected chi connectivity index (χ4v) is 5.56. The molecule has 2 heteroatoms. The van der Waals surface area contributed by atoms with E-state index < -0.39 is 0 Å². The number of aliphatic hydroxyl groups excluding tert-OH is 1. The molecule has 0 atom stereocenters. The second-order valence-corrected chi connectivity index (χ2v) is 7.68. The number of rotatable bonds is 1. The summed E-state index contributed by atoms with van der Waals surface area (Å²) >= 11 is 0. The van der Waals surface area contributed by atoms with Crippen molar-refractivity contribution >= 4 is 0 Å². The van der Waals surface area contributed by atoms with Gasteiger partial charge in [0.05, 0.1) is 0 Å². The summed E-state index contributed by atoms with van der Waals surface area (Å²) in [6, 6.07) is 10.0. The van der Waals surface area contributed by atoms with Crippen LogP contribution in [0.4, 0.5) is 0 Å². The van der Waals surface area contributed by atoms with Crippen LogP contribution in [0.25, 0.3) is 0 Å². The summed E-state index contributed by atoms with van der Waals surface area (Å²) in [5.41, 5.74) is 1.23. The summed E-state index contributed by atoms with van der Waals surface area (Å²) in [7, 11) is 0. The normalized spacial score (nSPS) is 35.7. The first kappa shape index (κ1) is 16.7. The van der Waals surface area contributed by atoms with E-state index in [1.165, 1.54) is 38.5 Å². The van der Waals surface area contributed by atoms with Crippen LogP contribution in [0.1, 0.15) is 38.5 Å². The molecule has 0 radical (unpaired) electrons. The molecule has 0 heterocycles. The van der Waals surface area contributed by atoms with Crippen molar-refractivity contribution < 1.29 is 22.2 Å². The van der Waals surface area contributed by atoms with Gasteiger partial charge in [-0.25, -0.2) is 12.1 Å². The topological polar surface area (TPSA) is 20.2 Å². The van der Waals surface area contributed by atoms with Gasteiger partial charge in [0.25, 0.3) is 0 Å². The molecule has 1 N–H and O–H groups in total. The molecule has 0 aliphatic heterocycles. The first-order chi connectivity index (χ1) is 10.8. The SMILES string of the molecule is OC(=C1C=CC=C1)C12CC3CC(CC(C3)C1)C2.[Fe].c1cc[cH-]c1. The Labute approximate surface area is 150 Å². The van der Waals surface area contributed by atoms with Crippen LogP contribution >= 0.6 is 0 Å². The third kappa shape index (κ3) is 3.25. The van der Waals surface area contributed by atoms with Gasteiger partial charge in [0.1, 0.15) is 5.76 Å². The van der Waals surface area contributed by atoms with Crippen molar-refractivity contribution in [2.75, 3.05) is 0 Å². The Morgan fingerprint density at radius 3 is 1.78 bits per heavy atom. The number of hydrogen-bond donors (Lipinski definition) is 1. The number of hydrogen-bond acceptors (Lipinski definition) is 1. The van der Waals surface area contributed by atoms with Crippen LogP contribution in [0.15, 0.2) is 66.0 Å². The van der Waals surface area contributed by atoms with Crippen LogP contribution in [0.3, 0.4) is 0 Å². The Morgan fingerprint density at radius 2 is 1.39 bits per heavy atom. The molecule has 124 valence electrons. The van der Waals surface area contributed by atoms with Gasteiger partial charge in [-0.3, -0.25) is 0 Å². The van der Waals surface area contributed by atoms with Crippen LogP contribution in [0.5, 0.6) is 0 Å². The van der Waals surface area contributed by atoms with E-state index in [-0.39, 0.29) is 22.5 Å². The van der Waals surface area contributed by atoms with Crippen LogP contribution < -0.4 is 0 Å². The van der Waals surface area contributed by atoms with Gasteiger partial charge in [-0.15, -0.1) is 0 Å². The van der Waals surface area contributed by atoms with Gasteiger partial charge in [-0.2, -0.15) is 18.2 Å². The standard InChI is InChI=1S/C16H20O.C5H5.Fe/c17-15(14-3-1-2-4-14)16-8-11-5-12(9-16)7-13(6-11)10-16;1-2-4-5-3-1;/h1-4,11-13,17H,5-10H2;1-5H;/q;-1;. The summed E-state index contributed by atoms with van der Waals surface area (Å²) < 4.78 is 0. The Bertz CT molecular complexity index is 539. The zero-order valence-corrected chi connectivity index (χ0v) is 14.6. The molecule has 0 saturated heterocycles. The molecule has 4 bridgehead atoms. The van der Waals surface area contributed by atoms with E-state index >= 15 is 0 Å². The molecule has 4 saturated carbocycles. The van der Waals surface area contributed by atoms with Crippen LogP contribution in [-0.4, -0.2) is 5.11 Å². The van der Waals surface area contributed by atoms with E-state index in [0.717, 1.165) is 23.3 Å². The third-order valence-electron chi connectivity index (χ3n) is 6.03. The number of aliphatic hydroxyl groups is 1. The average molecular weight is 349 g/mol. The Kier molecular flexibility index (Phi) is 4.94. The van der Waals surface area contributed by atoms with E-state index in [1.807, 2.05) is 42.5 Å². The molecule has 23 heavy (non-hydrogen) atoms. The second kappa shape index (κ2) is 6.79. The molecule has 0 aromatic heterocycles. The van der Waals surface area contributed by atoms with Gasteiger partial charge < -0.3 is 5.11 Å². The van der Waals surface area contributed by atoms with Crippen molar-refractivity contribution in [3.8, 4) is 0 Å². The Balaban J connectivity index is 0.000000226. The summed E-state index contributed by atoms with van der Waals surface area (Å²) in [6.07, 6.45) is 16.2. The molecular formula is C21H25FeO-. The van der Waals surface area contributed by atoms with Crippen LogP contribution in [-0.2, 0) is 17.1 Å². The summed E-state index contributed by atoms with van der Waals surface area (Å²) in [4.78, 5) is 0. The van der Waals surface area contributed by atoms with Gasteiger partial charge in [-0.05, 0) is 56.3 Å². The quantitative estimate of drug-likeness (QED) is 0.401. The largest absolute Gasteiger partial charge is 0.511 e. The first-order valence-corrected chi connectivity index (χ1v) is 8.70. The average Bonchev–Trinajstić information content (AvgIpc) is 3.21. The zero-order chi connectivity index (χ0) is 15.0. The fraction of sp³-hybridized carbons (Fsp3) is 0.476. The van der Waals surface area contributed by atoms with Crippen molar-refractivity contribution in [2.24, 2.45) is 23.2 Å². The van der Waals surface area contributed by atoms with Gasteiger partial charge in [0.15, 0.2) is 0 Å². The maximum absolute atomic E-state index is 10.7. The molecule has 6 rings (SSSR count). The fourth-order valence-electron chi connectivity index (χ4n) is 5.56. The van der Waals surface area contributed by atoms with Gasteiger partial charge in [-0.1, -0.05) is 24.3 Å². The van der Waals surface area contributed by atoms with Crippen molar-refractivity contribution in [2.45, 2.75) is 38.5 Å². The summed E-state index contributed by atoms with van der Waals surface area (Å²) in [5, 5.41) is 10.7. The molecule has 5 aliphatic rings. The second-order valence-electron chi connectivity index (χ2n) is 7.68. The van der Waals surface area contributed by atoms with E-state index in [1.54, 1.807) is 0 Å². The molecule has 4 fully saturated rings. The third-order valence-corrected chi connectivity index (χ3v) is 6.03. The van der Waals surface area contributed by atoms with Crippen molar-refractivity contribution in [3.05, 3.63) is 66.0 Å². The molecule has 0 spiro atoms. The van der Waals surface area contributed by atoms with Gasteiger partial charge >= 0.3 is 0 Å². The number of allylic oxidation sites excluding steroid dienone is 6. The van der Waals surface area contributed by atoms with Crippen LogP contribution in [0.2, 0.25) is 0 Å². The molecule has 0 unspecified atom stereocenters. The van der Waals surface area contributed by atoms with Crippen molar-refractivity contribution in [1.29, 1.82) is 0 Å². The predicted octanol–water partition coefficient (Wildman–Crippen LogP) is 5.54. The summed E-state index contributed by atoms with van der Waals surface area (Å²) in [6.45, 7) is 0. The maximum atomic E-state index is 10.7. The Hall–Kier alpha value is -1.11.